The fourth-order valence-corrected chi connectivity index (χ4v) is 6.57. The minimum atomic E-state index is -0.515. The highest BCUT2D eigenvalue weighted by atomic mass is 35.5. The van der Waals surface area contributed by atoms with Crippen molar-refractivity contribution in [3.05, 3.63) is 92.6 Å². The lowest BCUT2D eigenvalue weighted by Crippen LogP contribution is -2.35. The number of nitrogens with one attached hydrogen (secondary N) is 3. The number of benzene rings is 2. The van der Waals surface area contributed by atoms with Gasteiger partial charge in [0.2, 0.25) is 11.8 Å². The van der Waals surface area contributed by atoms with Gasteiger partial charge in [0.25, 0.3) is 5.56 Å². The van der Waals surface area contributed by atoms with Crippen LogP contribution in [-0.4, -0.2) is 62.5 Å². The zero-order valence-corrected chi connectivity index (χ0v) is 28.4. The molecular formula is C35H37Cl2N7O4. The van der Waals surface area contributed by atoms with E-state index in [9.17, 15) is 14.7 Å². The molecule has 0 aliphatic carbocycles. The van der Waals surface area contributed by atoms with Crippen LogP contribution in [-0.2, 0) is 24.9 Å². The molecule has 2 atom stereocenters. The van der Waals surface area contributed by atoms with E-state index in [0.29, 0.717) is 65.6 Å². The van der Waals surface area contributed by atoms with Crippen molar-refractivity contribution in [3.8, 4) is 39.4 Å². The van der Waals surface area contributed by atoms with Gasteiger partial charge in [-0.05, 0) is 25.5 Å². The molecule has 5 aromatic rings. The lowest BCUT2D eigenvalue weighted by Gasteiger charge is -2.15. The van der Waals surface area contributed by atoms with E-state index in [1.165, 1.54) is 4.57 Å². The number of methoxy groups -OCH3 is 1. The molecule has 1 amide bonds. The molecule has 2 aromatic carbocycles. The highest BCUT2D eigenvalue weighted by Crippen LogP contribution is 2.42. The predicted octanol–water partition coefficient (Wildman–Crippen LogP) is 4.58. The number of fused-ring (bicyclic) bond motifs is 1. The molecule has 0 spiro atoms. The van der Waals surface area contributed by atoms with E-state index < -0.39 is 6.10 Å². The number of aromatic nitrogens is 4. The van der Waals surface area contributed by atoms with Crippen molar-refractivity contribution in [2.24, 2.45) is 7.05 Å². The Hall–Kier alpha value is -4.26. The number of ether oxygens (including phenoxy) is 1. The van der Waals surface area contributed by atoms with Gasteiger partial charge in [-0.3, -0.25) is 14.2 Å². The van der Waals surface area contributed by atoms with E-state index in [4.69, 9.17) is 32.9 Å². The summed E-state index contributed by atoms with van der Waals surface area (Å²) in [7, 11) is 3.26. The molecule has 48 heavy (non-hydrogen) atoms. The number of aliphatic hydroxyl groups is 1. The number of nitrogens with zero attached hydrogens (tertiary/aromatic N) is 4. The van der Waals surface area contributed by atoms with Crippen LogP contribution < -0.4 is 26.2 Å². The van der Waals surface area contributed by atoms with Gasteiger partial charge in [0.15, 0.2) is 0 Å². The van der Waals surface area contributed by atoms with Crippen LogP contribution in [0.1, 0.15) is 31.2 Å². The number of carbonyl (C=O) groups excluding carboxylic acids is 1. The molecule has 1 saturated heterocycles. The summed E-state index contributed by atoms with van der Waals surface area (Å²) in [6.45, 7) is 3.60. The van der Waals surface area contributed by atoms with Crippen LogP contribution in [0.2, 0.25) is 10.0 Å². The molecule has 6 rings (SSSR count). The molecule has 250 valence electrons. The third-order valence-electron chi connectivity index (χ3n) is 8.46. The summed E-state index contributed by atoms with van der Waals surface area (Å²) in [4.78, 5) is 29.5. The van der Waals surface area contributed by atoms with Gasteiger partial charge in [0.1, 0.15) is 11.3 Å². The molecular weight excluding hydrogens is 653 g/mol. The summed E-state index contributed by atoms with van der Waals surface area (Å²) >= 11 is 14.1. The minimum Gasteiger partial charge on any atom is -0.481 e. The van der Waals surface area contributed by atoms with Crippen molar-refractivity contribution in [1.29, 1.82) is 0 Å². The number of hydrogen-bond acceptors (Lipinski definition) is 8. The van der Waals surface area contributed by atoms with Gasteiger partial charge >= 0.3 is 0 Å². The molecule has 1 aliphatic heterocycles. The van der Waals surface area contributed by atoms with Crippen LogP contribution in [0.15, 0.2) is 65.6 Å². The summed E-state index contributed by atoms with van der Waals surface area (Å²) in [5.74, 6) is 1.11. The Morgan fingerprint density at radius 3 is 2.42 bits per heavy atom. The third kappa shape index (κ3) is 6.96. The van der Waals surface area contributed by atoms with Gasteiger partial charge in [0.05, 0.1) is 35.5 Å². The Labute approximate surface area is 287 Å². The van der Waals surface area contributed by atoms with Crippen molar-refractivity contribution in [2.75, 3.05) is 20.2 Å². The molecule has 0 unspecified atom stereocenters. The van der Waals surface area contributed by atoms with E-state index >= 15 is 0 Å². The smallest absolute Gasteiger partial charge is 0.277 e. The zero-order chi connectivity index (χ0) is 33.9. The highest BCUT2D eigenvalue weighted by molar-refractivity contribution is 6.39. The summed E-state index contributed by atoms with van der Waals surface area (Å²) in [5.41, 5.74) is 5.41. The largest absolute Gasteiger partial charge is 0.481 e. The molecule has 0 radical (unpaired) electrons. The SMILES string of the molecule is COc1nc(-c2cccc(-c3cccc(-c4cc5c(=O)n(C)c(CNC[C@H](C)O)nn5c4)c3Cl)c2Cl)ccc1CNC[C@H]1CCC(=O)N1. The number of halogens is 2. The third-order valence-corrected chi connectivity index (χ3v) is 9.27. The Balaban J connectivity index is 1.28. The molecule has 4 N–H and O–H groups in total. The second-order valence-corrected chi connectivity index (χ2v) is 12.7. The maximum absolute atomic E-state index is 13.2. The summed E-state index contributed by atoms with van der Waals surface area (Å²) < 4.78 is 8.70. The first-order valence-corrected chi connectivity index (χ1v) is 16.5. The average Bonchev–Trinajstić information content (AvgIpc) is 3.69. The molecule has 13 heteroatoms. The number of rotatable bonds is 12. The second-order valence-electron chi connectivity index (χ2n) is 12.0. The highest BCUT2D eigenvalue weighted by Gasteiger charge is 2.21. The molecule has 1 fully saturated rings. The Morgan fingerprint density at radius 1 is 1.02 bits per heavy atom. The standard InChI is InChI=1S/C35H37Cl2N7O4/c1-20(45)15-38-18-30-42-44-19-22(14-29(44)35(47)43(30)2)24-6-4-7-25(32(24)36)26-8-5-9-27(33(26)37)28-12-10-21(34(41-28)48-3)16-39-17-23-11-13-31(46)40-23/h4-10,12,14,19-20,23,38-39,45H,11,13,15-18H2,1-3H3,(H,40,46)/t20-,23+/m0/s1. The fraction of sp³-hybridized carbons (Fsp3) is 0.314. The number of aliphatic hydroxyl groups excluding tert-OH is 1. The van der Waals surface area contributed by atoms with Crippen molar-refractivity contribution in [3.63, 3.8) is 0 Å². The van der Waals surface area contributed by atoms with Gasteiger partial charge in [-0.1, -0.05) is 65.7 Å². The van der Waals surface area contributed by atoms with Crippen LogP contribution in [0.3, 0.4) is 0 Å². The lowest BCUT2D eigenvalue weighted by atomic mass is 9.97. The van der Waals surface area contributed by atoms with Crippen molar-refractivity contribution < 1.29 is 14.6 Å². The summed E-state index contributed by atoms with van der Waals surface area (Å²) in [6.07, 6.45) is 2.66. The van der Waals surface area contributed by atoms with Crippen molar-refractivity contribution in [2.45, 2.75) is 45.0 Å². The molecule has 1 aliphatic rings. The Bertz CT molecular complexity index is 2040. The normalized spacial score (nSPS) is 15.2. The van der Waals surface area contributed by atoms with Crippen LogP contribution >= 0.6 is 23.2 Å². The monoisotopic (exact) mass is 689 g/mol. The minimum absolute atomic E-state index is 0.0911. The number of pyridine rings is 1. The Morgan fingerprint density at radius 2 is 1.73 bits per heavy atom. The predicted molar refractivity (Wildman–Crippen MR) is 187 cm³/mol. The van der Waals surface area contributed by atoms with Crippen LogP contribution in [0.5, 0.6) is 5.88 Å². The first-order chi connectivity index (χ1) is 23.1. The molecule has 4 heterocycles. The van der Waals surface area contributed by atoms with Crippen molar-refractivity contribution in [1.82, 2.24) is 35.1 Å². The van der Waals surface area contributed by atoms with Gasteiger partial charge < -0.3 is 25.8 Å². The number of amides is 1. The van der Waals surface area contributed by atoms with Gasteiger partial charge in [-0.2, -0.15) is 5.10 Å². The van der Waals surface area contributed by atoms with E-state index in [1.807, 2.05) is 48.5 Å². The average molecular weight is 691 g/mol. The molecule has 3 aromatic heterocycles. The van der Waals surface area contributed by atoms with Gasteiger partial charge in [0, 0.05) is 78.7 Å². The Kier molecular flexibility index (Phi) is 10.1. The first-order valence-electron chi connectivity index (χ1n) is 15.7. The fourth-order valence-electron chi connectivity index (χ4n) is 5.91. The van der Waals surface area contributed by atoms with Crippen LogP contribution in [0, 0.1) is 0 Å². The molecule has 0 saturated carbocycles. The van der Waals surface area contributed by atoms with Gasteiger partial charge in [-0.25, -0.2) is 9.50 Å². The maximum Gasteiger partial charge on any atom is 0.277 e. The number of hydrogen-bond donors (Lipinski definition) is 4. The van der Waals surface area contributed by atoms with E-state index in [0.717, 1.165) is 39.8 Å². The van der Waals surface area contributed by atoms with Gasteiger partial charge in [-0.15, -0.1) is 0 Å². The second kappa shape index (κ2) is 14.5. The quantitative estimate of drug-likeness (QED) is 0.150. The summed E-state index contributed by atoms with van der Waals surface area (Å²) in [6, 6.07) is 17.2. The van der Waals surface area contributed by atoms with E-state index in [2.05, 4.69) is 21.0 Å². The maximum atomic E-state index is 13.2. The van der Waals surface area contributed by atoms with Crippen LogP contribution in [0.4, 0.5) is 0 Å². The van der Waals surface area contributed by atoms with Crippen LogP contribution in [0.25, 0.3) is 39.0 Å². The number of carbonyl (C=O) groups is 1. The van der Waals surface area contributed by atoms with Crippen molar-refractivity contribution >= 4 is 34.6 Å². The lowest BCUT2D eigenvalue weighted by molar-refractivity contribution is -0.119. The topological polar surface area (TPSA) is 135 Å². The van der Waals surface area contributed by atoms with E-state index in [-0.39, 0.29) is 17.5 Å². The first kappa shape index (κ1) is 33.6. The molecule has 0 bridgehead atoms. The van der Waals surface area contributed by atoms with E-state index in [1.54, 1.807) is 37.9 Å². The molecule has 11 nitrogen and oxygen atoms in total. The summed E-state index contributed by atoms with van der Waals surface area (Å²) in [5, 5.41) is 24.6. The zero-order valence-electron chi connectivity index (χ0n) is 26.9.